The standard InChI is InChI=1S/C17H19NO6S/c1-21-14-5-3-12(9-16(14)22-2)7-8-25(19,20)18-13-4-6-15-17(10-13)24-11-23-15/h3-6,9-10,18H,7-8,11H2,1-2H3. The van der Waals surface area contributed by atoms with Crippen molar-refractivity contribution in [3.63, 3.8) is 0 Å². The van der Waals surface area contributed by atoms with Gasteiger partial charge in [-0.2, -0.15) is 0 Å². The van der Waals surface area contributed by atoms with E-state index in [-0.39, 0.29) is 12.5 Å². The molecular formula is C17H19NO6S. The second kappa shape index (κ2) is 7.10. The molecule has 0 spiro atoms. The second-order valence-corrected chi connectivity index (χ2v) is 7.27. The number of sulfonamides is 1. The lowest BCUT2D eigenvalue weighted by Gasteiger charge is -2.11. The van der Waals surface area contributed by atoms with Crippen molar-refractivity contribution in [2.45, 2.75) is 6.42 Å². The first-order valence-electron chi connectivity index (χ1n) is 7.62. The Labute approximate surface area is 146 Å². The molecule has 1 N–H and O–H groups in total. The Morgan fingerprint density at radius 1 is 1.00 bits per heavy atom. The van der Waals surface area contributed by atoms with Crippen molar-refractivity contribution in [3.05, 3.63) is 42.0 Å². The third kappa shape index (κ3) is 4.08. The minimum absolute atomic E-state index is 0.0586. The number of aryl methyl sites for hydroxylation is 1. The van der Waals surface area contributed by atoms with E-state index in [4.69, 9.17) is 18.9 Å². The molecule has 134 valence electrons. The zero-order chi connectivity index (χ0) is 17.9. The molecule has 0 unspecified atom stereocenters. The minimum Gasteiger partial charge on any atom is -0.493 e. The number of hydrogen-bond acceptors (Lipinski definition) is 6. The van der Waals surface area contributed by atoms with Crippen LogP contribution in [0.5, 0.6) is 23.0 Å². The van der Waals surface area contributed by atoms with Gasteiger partial charge in [0, 0.05) is 6.07 Å². The summed E-state index contributed by atoms with van der Waals surface area (Å²) in [6.45, 7) is 0.144. The summed E-state index contributed by atoms with van der Waals surface area (Å²) in [5.41, 5.74) is 1.28. The van der Waals surface area contributed by atoms with Gasteiger partial charge in [-0.3, -0.25) is 4.72 Å². The molecular weight excluding hydrogens is 346 g/mol. The number of ether oxygens (including phenoxy) is 4. The maximum atomic E-state index is 12.3. The quantitative estimate of drug-likeness (QED) is 0.811. The van der Waals surface area contributed by atoms with Crippen LogP contribution in [-0.4, -0.2) is 35.2 Å². The third-order valence-corrected chi connectivity index (χ3v) is 5.04. The summed E-state index contributed by atoms with van der Waals surface area (Å²) in [5, 5.41) is 0. The highest BCUT2D eigenvalue weighted by atomic mass is 32.2. The van der Waals surface area contributed by atoms with E-state index in [2.05, 4.69) is 4.72 Å². The first-order valence-corrected chi connectivity index (χ1v) is 9.27. The Morgan fingerprint density at radius 2 is 1.76 bits per heavy atom. The van der Waals surface area contributed by atoms with E-state index in [0.29, 0.717) is 35.1 Å². The average Bonchev–Trinajstić information content (AvgIpc) is 3.07. The molecule has 0 fully saturated rings. The van der Waals surface area contributed by atoms with Gasteiger partial charge >= 0.3 is 0 Å². The number of anilines is 1. The Hall–Kier alpha value is -2.61. The zero-order valence-electron chi connectivity index (χ0n) is 13.9. The predicted molar refractivity (Wildman–Crippen MR) is 93.2 cm³/mol. The summed E-state index contributed by atoms with van der Waals surface area (Å²) in [7, 11) is -0.410. The molecule has 2 aromatic carbocycles. The van der Waals surface area contributed by atoms with Gasteiger partial charge in [0.25, 0.3) is 0 Å². The fourth-order valence-corrected chi connectivity index (χ4v) is 3.57. The number of fused-ring (bicyclic) bond motifs is 1. The number of hydrogen-bond donors (Lipinski definition) is 1. The van der Waals surface area contributed by atoms with Crippen molar-refractivity contribution in [2.75, 3.05) is 31.5 Å². The first-order chi connectivity index (χ1) is 12.0. The molecule has 3 rings (SSSR count). The van der Waals surface area contributed by atoms with Gasteiger partial charge < -0.3 is 18.9 Å². The van der Waals surface area contributed by atoms with Crippen LogP contribution in [0.15, 0.2) is 36.4 Å². The van der Waals surface area contributed by atoms with Crippen LogP contribution in [0.2, 0.25) is 0 Å². The fourth-order valence-electron chi connectivity index (χ4n) is 2.48. The third-order valence-electron chi connectivity index (χ3n) is 3.75. The molecule has 2 aromatic rings. The van der Waals surface area contributed by atoms with Gasteiger partial charge in [-0.1, -0.05) is 6.07 Å². The molecule has 0 saturated heterocycles. The number of benzene rings is 2. The van der Waals surface area contributed by atoms with Gasteiger partial charge in [0.05, 0.1) is 25.7 Å². The highest BCUT2D eigenvalue weighted by Gasteiger charge is 2.17. The topological polar surface area (TPSA) is 83.1 Å². The highest BCUT2D eigenvalue weighted by molar-refractivity contribution is 7.92. The predicted octanol–water partition coefficient (Wildman–Crippen LogP) is 2.42. The van der Waals surface area contributed by atoms with Crippen molar-refractivity contribution in [3.8, 4) is 23.0 Å². The summed E-state index contributed by atoms with van der Waals surface area (Å²) in [4.78, 5) is 0. The largest absolute Gasteiger partial charge is 0.493 e. The molecule has 0 amide bonds. The molecule has 1 heterocycles. The van der Waals surface area contributed by atoms with Crippen LogP contribution in [0.4, 0.5) is 5.69 Å². The number of rotatable bonds is 7. The van der Waals surface area contributed by atoms with Gasteiger partial charge in [-0.25, -0.2) is 8.42 Å². The lowest BCUT2D eigenvalue weighted by Crippen LogP contribution is -2.18. The van der Waals surface area contributed by atoms with Crippen molar-refractivity contribution >= 4 is 15.7 Å². The van der Waals surface area contributed by atoms with E-state index in [1.165, 1.54) is 0 Å². The molecule has 8 heteroatoms. The number of methoxy groups -OCH3 is 2. The maximum absolute atomic E-state index is 12.3. The zero-order valence-corrected chi connectivity index (χ0v) is 14.8. The molecule has 0 saturated carbocycles. The van der Waals surface area contributed by atoms with E-state index in [1.54, 1.807) is 44.6 Å². The van der Waals surface area contributed by atoms with Crippen molar-refractivity contribution in [2.24, 2.45) is 0 Å². The molecule has 1 aliphatic heterocycles. The van der Waals surface area contributed by atoms with Crippen LogP contribution in [-0.2, 0) is 16.4 Å². The summed E-state index contributed by atoms with van der Waals surface area (Å²) in [6.07, 6.45) is 0.347. The second-order valence-electron chi connectivity index (χ2n) is 5.43. The summed E-state index contributed by atoms with van der Waals surface area (Å²) in [6, 6.07) is 10.3. The van der Waals surface area contributed by atoms with Crippen molar-refractivity contribution < 1.29 is 27.4 Å². The Morgan fingerprint density at radius 3 is 2.52 bits per heavy atom. The fraction of sp³-hybridized carbons (Fsp3) is 0.294. The van der Waals surface area contributed by atoms with Gasteiger partial charge in [-0.05, 0) is 36.2 Å². The van der Waals surface area contributed by atoms with Crippen LogP contribution in [0, 0.1) is 0 Å². The number of nitrogens with one attached hydrogen (secondary N) is 1. The minimum atomic E-state index is -3.50. The average molecular weight is 365 g/mol. The lowest BCUT2D eigenvalue weighted by molar-refractivity contribution is 0.174. The van der Waals surface area contributed by atoms with Gasteiger partial charge in [0.1, 0.15) is 0 Å². The Balaban J connectivity index is 1.66. The summed E-state index contributed by atoms with van der Waals surface area (Å²) < 4.78 is 48.0. The van der Waals surface area contributed by atoms with Crippen LogP contribution >= 0.6 is 0 Å². The Kier molecular flexibility index (Phi) is 4.89. The van der Waals surface area contributed by atoms with Crippen molar-refractivity contribution in [1.29, 1.82) is 0 Å². The summed E-state index contributed by atoms with van der Waals surface area (Å²) in [5.74, 6) is 2.25. The smallest absolute Gasteiger partial charge is 0.233 e. The molecule has 0 aromatic heterocycles. The molecule has 0 bridgehead atoms. The molecule has 7 nitrogen and oxygen atoms in total. The lowest BCUT2D eigenvalue weighted by atomic mass is 10.1. The van der Waals surface area contributed by atoms with Crippen molar-refractivity contribution in [1.82, 2.24) is 0 Å². The van der Waals surface area contributed by atoms with E-state index < -0.39 is 10.0 Å². The van der Waals surface area contributed by atoms with E-state index >= 15 is 0 Å². The van der Waals surface area contributed by atoms with E-state index in [1.807, 2.05) is 6.07 Å². The van der Waals surface area contributed by atoms with Crippen LogP contribution < -0.4 is 23.7 Å². The van der Waals surface area contributed by atoms with Crippen LogP contribution in [0.25, 0.3) is 0 Å². The SMILES string of the molecule is COc1ccc(CCS(=O)(=O)Nc2ccc3c(c2)OCO3)cc1OC. The van der Waals surface area contributed by atoms with Gasteiger partial charge in [-0.15, -0.1) is 0 Å². The van der Waals surface area contributed by atoms with Crippen LogP contribution in [0.1, 0.15) is 5.56 Å². The first kappa shape index (κ1) is 17.2. The summed E-state index contributed by atoms with van der Waals surface area (Å²) >= 11 is 0. The normalized spacial score (nSPS) is 12.7. The molecule has 0 atom stereocenters. The van der Waals surface area contributed by atoms with Crippen LogP contribution in [0.3, 0.4) is 0 Å². The van der Waals surface area contributed by atoms with E-state index in [9.17, 15) is 8.42 Å². The molecule has 1 aliphatic rings. The Bertz CT molecular complexity index is 865. The van der Waals surface area contributed by atoms with E-state index in [0.717, 1.165) is 5.56 Å². The van der Waals surface area contributed by atoms with Gasteiger partial charge in [0.2, 0.25) is 16.8 Å². The monoisotopic (exact) mass is 365 g/mol. The highest BCUT2D eigenvalue weighted by Crippen LogP contribution is 2.34. The molecule has 25 heavy (non-hydrogen) atoms. The molecule has 0 radical (unpaired) electrons. The maximum Gasteiger partial charge on any atom is 0.233 e. The molecule has 0 aliphatic carbocycles. The van der Waals surface area contributed by atoms with Gasteiger partial charge in [0.15, 0.2) is 23.0 Å².